The van der Waals surface area contributed by atoms with Crippen molar-refractivity contribution in [2.24, 2.45) is 7.05 Å². The van der Waals surface area contributed by atoms with Crippen molar-refractivity contribution in [2.45, 2.75) is 20.5 Å². The van der Waals surface area contributed by atoms with Crippen molar-refractivity contribution in [3.05, 3.63) is 35.2 Å². The number of ether oxygens (including phenoxy) is 3. The number of hydrogen-bond acceptors (Lipinski definition) is 4. The van der Waals surface area contributed by atoms with E-state index in [-0.39, 0.29) is 0 Å². The smallest absolute Gasteiger partial charge is 0.167 e. The fourth-order valence-corrected chi connectivity index (χ4v) is 2.36. The van der Waals surface area contributed by atoms with Crippen LogP contribution >= 0.6 is 0 Å². The summed E-state index contributed by atoms with van der Waals surface area (Å²) in [5, 5.41) is 4.35. The monoisotopic (exact) mass is 274 g/mol. The molecule has 3 rings (SSSR count). The lowest BCUT2D eigenvalue weighted by molar-refractivity contribution is 0.166. The number of rotatable bonds is 3. The zero-order chi connectivity index (χ0) is 14.1. The van der Waals surface area contributed by atoms with Crippen LogP contribution < -0.4 is 14.2 Å². The molecule has 0 saturated heterocycles. The van der Waals surface area contributed by atoms with E-state index in [0.29, 0.717) is 19.8 Å². The molecule has 0 spiro atoms. The largest absolute Gasteiger partial charge is 0.486 e. The molecule has 0 fully saturated rings. The maximum atomic E-state index is 5.92. The number of benzene rings is 1. The van der Waals surface area contributed by atoms with Gasteiger partial charge in [0.2, 0.25) is 0 Å². The van der Waals surface area contributed by atoms with E-state index >= 15 is 0 Å². The summed E-state index contributed by atoms with van der Waals surface area (Å²) in [4.78, 5) is 0. The van der Waals surface area contributed by atoms with Gasteiger partial charge in [0.25, 0.3) is 0 Å². The first-order chi connectivity index (χ1) is 9.66. The van der Waals surface area contributed by atoms with Gasteiger partial charge in [-0.05, 0) is 19.9 Å². The summed E-state index contributed by atoms with van der Waals surface area (Å²) >= 11 is 0. The van der Waals surface area contributed by atoms with Crippen molar-refractivity contribution >= 4 is 0 Å². The summed E-state index contributed by atoms with van der Waals surface area (Å²) in [5.41, 5.74) is 2.90. The lowest BCUT2D eigenvalue weighted by Crippen LogP contribution is -2.17. The summed E-state index contributed by atoms with van der Waals surface area (Å²) < 4.78 is 19.0. The summed E-state index contributed by atoms with van der Waals surface area (Å²) in [5.74, 6) is 2.41. The Morgan fingerprint density at radius 2 is 2.05 bits per heavy atom. The quantitative estimate of drug-likeness (QED) is 0.862. The molecule has 0 saturated carbocycles. The Balaban J connectivity index is 1.82. The molecule has 5 nitrogen and oxygen atoms in total. The van der Waals surface area contributed by atoms with Crippen molar-refractivity contribution in [1.82, 2.24) is 9.78 Å². The van der Waals surface area contributed by atoms with Crippen molar-refractivity contribution in [1.29, 1.82) is 0 Å². The van der Waals surface area contributed by atoms with Crippen LogP contribution in [-0.2, 0) is 13.7 Å². The molecular formula is C15H18N2O3. The SMILES string of the molecule is Cc1nn(C)c(C)c1OCc1cccc2c1OCCO2. The minimum Gasteiger partial charge on any atom is -0.486 e. The van der Waals surface area contributed by atoms with Gasteiger partial charge >= 0.3 is 0 Å². The first kappa shape index (κ1) is 12.8. The third-order valence-electron chi connectivity index (χ3n) is 3.46. The molecule has 1 aromatic carbocycles. The highest BCUT2D eigenvalue weighted by Crippen LogP contribution is 2.34. The molecule has 20 heavy (non-hydrogen) atoms. The molecule has 0 N–H and O–H groups in total. The van der Waals surface area contributed by atoms with Gasteiger partial charge in [-0.25, -0.2) is 0 Å². The summed E-state index contributed by atoms with van der Waals surface area (Å²) in [6, 6.07) is 5.86. The Morgan fingerprint density at radius 3 is 2.80 bits per heavy atom. The van der Waals surface area contributed by atoms with E-state index in [0.717, 1.165) is 34.2 Å². The van der Waals surface area contributed by atoms with E-state index in [1.165, 1.54) is 0 Å². The van der Waals surface area contributed by atoms with Crippen LogP contribution in [0.5, 0.6) is 17.2 Å². The van der Waals surface area contributed by atoms with Crippen molar-refractivity contribution < 1.29 is 14.2 Å². The topological polar surface area (TPSA) is 45.5 Å². The number of hydrogen-bond donors (Lipinski definition) is 0. The molecule has 1 aromatic heterocycles. The second kappa shape index (κ2) is 5.07. The molecule has 0 amide bonds. The Kier molecular flexibility index (Phi) is 3.26. The van der Waals surface area contributed by atoms with Crippen molar-refractivity contribution in [3.63, 3.8) is 0 Å². The molecule has 106 valence electrons. The second-order valence-electron chi connectivity index (χ2n) is 4.85. The number of nitrogens with zero attached hydrogens (tertiary/aromatic N) is 2. The average Bonchev–Trinajstić information content (AvgIpc) is 2.70. The van der Waals surface area contributed by atoms with Crippen LogP contribution in [-0.4, -0.2) is 23.0 Å². The van der Waals surface area contributed by atoms with Crippen LogP contribution in [0.25, 0.3) is 0 Å². The van der Waals surface area contributed by atoms with Gasteiger partial charge in [-0.15, -0.1) is 0 Å². The molecule has 0 radical (unpaired) electrons. The predicted molar refractivity (Wildman–Crippen MR) is 74.4 cm³/mol. The summed E-state index contributed by atoms with van der Waals surface area (Å²) in [6.45, 7) is 5.56. The molecule has 1 aliphatic rings. The maximum Gasteiger partial charge on any atom is 0.167 e. The molecule has 0 aliphatic carbocycles. The molecule has 2 heterocycles. The number of para-hydroxylation sites is 1. The Morgan fingerprint density at radius 1 is 1.25 bits per heavy atom. The Bertz CT molecular complexity index is 634. The van der Waals surface area contributed by atoms with E-state index in [2.05, 4.69) is 5.10 Å². The summed E-state index contributed by atoms with van der Waals surface area (Å²) in [7, 11) is 1.91. The third kappa shape index (κ3) is 2.19. The fraction of sp³-hybridized carbons (Fsp3) is 0.400. The van der Waals surface area contributed by atoms with Crippen LogP contribution in [0, 0.1) is 13.8 Å². The first-order valence-corrected chi connectivity index (χ1v) is 6.67. The highest BCUT2D eigenvalue weighted by atomic mass is 16.6. The highest BCUT2D eigenvalue weighted by Gasteiger charge is 2.17. The van der Waals surface area contributed by atoms with Gasteiger partial charge in [-0.3, -0.25) is 4.68 Å². The lowest BCUT2D eigenvalue weighted by Gasteiger charge is -2.21. The molecule has 0 unspecified atom stereocenters. The van der Waals surface area contributed by atoms with Gasteiger partial charge in [0.05, 0.1) is 5.69 Å². The van der Waals surface area contributed by atoms with Crippen LogP contribution in [0.3, 0.4) is 0 Å². The fourth-order valence-electron chi connectivity index (χ4n) is 2.36. The maximum absolute atomic E-state index is 5.92. The van der Waals surface area contributed by atoms with Gasteiger partial charge in [0.1, 0.15) is 25.5 Å². The van der Waals surface area contributed by atoms with Crippen molar-refractivity contribution in [2.75, 3.05) is 13.2 Å². The van der Waals surface area contributed by atoms with Crippen LogP contribution in [0.2, 0.25) is 0 Å². The predicted octanol–water partition coefficient (Wildman–Crippen LogP) is 2.39. The Labute approximate surface area is 118 Å². The van der Waals surface area contributed by atoms with Crippen LogP contribution in [0.15, 0.2) is 18.2 Å². The molecule has 1 aliphatic heterocycles. The molecule has 0 atom stereocenters. The highest BCUT2D eigenvalue weighted by molar-refractivity contribution is 5.47. The summed E-state index contributed by atoms with van der Waals surface area (Å²) in [6.07, 6.45) is 0. The van der Waals surface area contributed by atoms with Crippen LogP contribution in [0.1, 0.15) is 17.0 Å². The average molecular weight is 274 g/mol. The second-order valence-corrected chi connectivity index (χ2v) is 4.85. The zero-order valence-corrected chi connectivity index (χ0v) is 12.0. The van der Waals surface area contributed by atoms with E-state index in [1.807, 2.05) is 43.8 Å². The molecular weight excluding hydrogens is 256 g/mol. The third-order valence-corrected chi connectivity index (χ3v) is 3.46. The van der Waals surface area contributed by atoms with Gasteiger partial charge in [0, 0.05) is 12.6 Å². The molecule has 0 bridgehead atoms. The number of aromatic nitrogens is 2. The van der Waals surface area contributed by atoms with E-state index in [1.54, 1.807) is 0 Å². The van der Waals surface area contributed by atoms with Gasteiger partial charge in [0.15, 0.2) is 17.2 Å². The normalized spacial score (nSPS) is 13.3. The minimum absolute atomic E-state index is 0.444. The minimum atomic E-state index is 0.444. The van der Waals surface area contributed by atoms with Gasteiger partial charge in [-0.1, -0.05) is 12.1 Å². The Hall–Kier alpha value is -2.17. The van der Waals surface area contributed by atoms with E-state index in [4.69, 9.17) is 14.2 Å². The standard InChI is InChI=1S/C15H18N2O3/c1-10-14(11(2)17(3)16-10)20-9-12-5-4-6-13-15(12)19-8-7-18-13/h4-6H,7-9H2,1-3H3. The number of fused-ring (bicyclic) bond motifs is 1. The molecule has 2 aromatic rings. The van der Waals surface area contributed by atoms with E-state index in [9.17, 15) is 0 Å². The van der Waals surface area contributed by atoms with E-state index < -0.39 is 0 Å². The number of aryl methyl sites for hydroxylation is 2. The van der Waals surface area contributed by atoms with Gasteiger partial charge < -0.3 is 14.2 Å². The lowest BCUT2D eigenvalue weighted by atomic mass is 10.2. The molecule has 5 heteroatoms. The van der Waals surface area contributed by atoms with Crippen molar-refractivity contribution in [3.8, 4) is 17.2 Å². The van der Waals surface area contributed by atoms with Crippen LogP contribution in [0.4, 0.5) is 0 Å². The first-order valence-electron chi connectivity index (χ1n) is 6.67. The zero-order valence-electron chi connectivity index (χ0n) is 12.0. The van der Waals surface area contributed by atoms with Gasteiger partial charge in [-0.2, -0.15) is 5.10 Å².